The van der Waals surface area contributed by atoms with Gasteiger partial charge in [0.25, 0.3) is 11.8 Å². The molecule has 3 aliphatic rings. The van der Waals surface area contributed by atoms with Crippen LogP contribution in [0.4, 0.5) is 17.1 Å². The van der Waals surface area contributed by atoms with Gasteiger partial charge in [0.05, 0.1) is 29.2 Å². The fraction of sp³-hybridized carbons (Fsp3) is 0.327. The van der Waals surface area contributed by atoms with Gasteiger partial charge in [-0.25, -0.2) is 0 Å². The molecule has 3 amide bonds. The van der Waals surface area contributed by atoms with Gasteiger partial charge in [-0.2, -0.15) is 10.5 Å². The molecule has 3 aliphatic heterocycles. The van der Waals surface area contributed by atoms with Gasteiger partial charge in [0, 0.05) is 97.3 Å². The Morgan fingerprint density at radius 2 is 1.21 bits per heavy atom. The van der Waals surface area contributed by atoms with Crippen LogP contribution in [-0.4, -0.2) is 98.0 Å². The average molecular weight is 899 g/mol. The number of amides is 3. The van der Waals surface area contributed by atoms with E-state index in [1.54, 1.807) is 18.2 Å². The minimum atomic E-state index is -0.559. The van der Waals surface area contributed by atoms with Crippen molar-refractivity contribution in [2.75, 3.05) is 80.6 Å². The maximum atomic E-state index is 12.4. The van der Waals surface area contributed by atoms with Crippen LogP contribution in [0.5, 0.6) is 0 Å². The highest BCUT2D eigenvalue weighted by molar-refractivity contribution is 6.03. The second-order valence-corrected chi connectivity index (χ2v) is 17.6. The third kappa shape index (κ3) is 10.1. The van der Waals surface area contributed by atoms with Crippen molar-refractivity contribution in [3.63, 3.8) is 0 Å². The summed E-state index contributed by atoms with van der Waals surface area (Å²) in [6.07, 6.45) is 8.18. The van der Waals surface area contributed by atoms with Gasteiger partial charge in [0.15, 0.2) is 11.5 Å². The van der Waals surface area contributed by atoms with E-state index in [-0.39, 0.29) is 23.3 Å². The number of hydrogen-bond donors (Lipinski definition) is 4. The Labute approximate surface area is 388 Å². The molecule has 2 saturated heterocycles. The zero-order valence-corrected chi connectivity index (χ0v) is 37.4. The number of anilines is 3. The number of carbonyl (C=O) groups is 3. The Morgan fingerprint density at radius 1 is 0.657 bits per heavy atom. The summed E-state index contributed by atoms with van der Waals surface area (Å²) in [6.45, 7) is 9.96. The number of nitrogens with zero attached hydrogens (tertiary/aromatic N) is 6. The summed E-state index contributed by atoms with van der Waals surface area (Å²) >= 11 is 0. The van der Waals surface area contributed by atoms with E-state index < -0.39 is 11.8 Å². The average Bonchev–Trinajstić information content (AvgIpc) is 4.15. The van der Waals surface area contributed by atoms with Gasteiger partial charge < -0.3 is 40.4 Å². The maximum absolute atomic E-state index is 12.4. The molecule has 0 bridgehead atoms. The van der Waals surface area contributed by atoms with Gasteiger partial charge in [-0.3, -0.25) is 24.2 Å². The number of benzene rings is 4. The van der Waals surface area contributed by atoms with Crippen LogP contribution in [0.15, 0.2) is 100.0 Å². The molecule has 0 saturated carbocycles. The van der Waals surface area contributed by atoms with E-state index in [1.807, 2.05) is 60.7 Å². The predicted octanol–water partition coefficient (Wildman–Crippen LogP) is 7.46. The highest BCUT2D eigenvalue weighted by Crippen LogP contribution is 2.36. The number of aromatic amines is 1. The second kappa shape index (κ2) is 19.9. The molecule has 15 heteroatoms. The molecule has 4 aromatic carbocycles. The zero-order valence-electron chi connectivity index (χ0n) is 37.4. The number of aryl methyl sites for hydroxylation is 1. The van der Waals surface area contributed by atoms with Crippen LogP contribution in [0.2, 0.25) is 0 Å². The molecule has 0 spiro atoms. The largest absolute Gasteiger partial charge is 0.451 e. The molecule has 6 heterocycles. The maximum Gasteiger partial charge on any atom is 0.284 e. The lowest BCUT2D eigenvalue weighted by molar-refractivity contribution is -0.117. The number of H-pyrrole nitrogens is 1. The minimum Gasteiger partial charge on any atom is -0.451 e. The normalized spacial score (nSPS) is 16.4. The van der Waals surface area contributed by atoms with Crippen molar-refractivity contribution in [1.82, 2.24) is 14.8 Å². The number of nitrogens with one attached hydrogen (secondary N) is 2. The molecule has 1 unspecified atom stereocenters. The molecule has 3 aromatic heterocycles. The number of fused-ring (bicyclic) bond motifs is 4. The smallest absolute Gasteiger partial charge is 0.284 e. The molecule has 0 radical (unpaired) electrons. The lowest BCUT2D eigenvalue weighted by atomic mass is 9.93. The summed E-state index contributed by atoms with van der Waals surface area (Å²) in [7, 11) is 0. The number of carbonyl (C=O) groups excluding carboxylic acids is 3. The Bertz CT molecular complexity index is 3030. The first-order valence-corrected chi connectivity index (χ1v) is 23.1. The SMILES string of the molecule is N#Cc1ccc2[nH]cc(CCCCN3CCN(c4ccc5oc(C(N)=O)cc5c4)CC3)c2c1.N#Cc1ccc2c(c1)C(CCCCN1CCN(c3ccc4oc(C(N)=O)cc4c3)CC1)C(=O)N2. The van der Waals surface area contributed by atoms with Crippen molar-refractivity contribution in [1.29, 1.82) is 10.5 Å². The van der Waals surface area contributed by atoms with E-state index in [9.17, 15) is 14.4 Å². The van der Waals surface area contributed by atoms with Crippen molar-refractivity contribution in [3.8, 4) is 12.1 Å². The number of hydrogen-bond acceptors (Lipinski definition) is 11. The summed E-state index contributed by atoms with van der Waals surface area (Å²) in [5.74, 6) is -0.843. The summed E-state index contributed by atoms with van der Waals surface area (Å²) in [6, 6.07) is 31.0. The number of aromatic nitrogens is 1. The van der Waals surface area contributed by atoms with Crippen LogP contribution in [0.3, 0.4) is 0 Å². The van der Waals surface area contributed by atoms with Crippen molar-refractivity contribution in [2.24, 2.45) is 11.5 Å². The molecular formula is C52H54N10O5. The van der Waals surface area contributed by atoms with E-state index in [2.05, 4.69) is 54.3 Å². The van der Waals surface area contributed by atoms with Gasteiger partial charge in [-0.1, -0.05) is 6.42 Å². The van der Waals surface area contributed by atoms with Crippen molar-refractivity contribution in [3.05, 3.63) is 125 Å². The molecule has 7 aromatic rings. The Morgan fingerprint density at radius 3 is 1.78 bits per heavy atom. The van der Waals surface area contributed by atoms with E-state index in [0.717, 1.165) is 143 Å². The third-order valence-electron chi connectivity index (χ3n) is 13.4. The van der Waals surface area contributed by atoms with Crippen LogP contribution in [-0.2, 0) is 11.2 Å². The number of nitrogens with two attached hydrogens (primary N) is 2. The van der Waals surface area contributed by atoms with Crippen molar-refractivity contribution < 1.29 is 23.2 Å². The highest BCUT2D eigenvalue weighted by Gasteiger charge is 2.30. The van der Waals surface area contributed by atoms with E-state index in [4.69, 9.17) is 30.8 Å². The topological polar surface area (TPSA) is 218 Å². The molecule has 1 atom stereocenters. The first-order chi connectivity index (χ1) is 32.6. The molecule has 342 valence electrons. The predicted molar refractivity (Wildman–Crippen MR) is 259 cm³/mol. The lowest BCUT2D eigenvalue weighted by Gasteiger charge is -2.36. The van der Waals surface area contributed by atoms with Gasteiger partial charge in [0.1, 0.15) is 11.2 Å². The fourth-order valence-corrected chi connectivity index (χ4v) is 9.63. The lowest BCUT2D eigenvalue weighted by Crippen LogP contribution is -2.46. The summed E-state index contributed by atoms with van der Waals surface area (Å²) in [5.41, 5.74) is 19.7. The van der Waals surface area contributed by atoms with Gasteiger partial charge in [-0.15, -0.1) is 0 Å². The Hall–Kier alpha value is -7.59. The Balaban J connectivity index is 0.000000168. The second-order valence-electron chi connectivity index (χ2n) is 17.6. The van der Waals surface area contributed by atoms with Crippen molar-refractivity contribution in [2.45, 2.75) is 44.4 Å². The van der Waals surface area contributed by atoms with Crippen LogP contribution >= 0.6 is 0 Å². The standard InChI is InChI=1S/C26H27N5O3.C26H27N5O2/c27-16-17-4-6-22-21(13-17)20(26(33)29-22)3-1-2-8-30-9-11-31(12-10-30)19-5-7-23-18(14-19)15-24(34-23)25(28)32;27-16-18-4-6-23-22(13-18)19(17-29-23)3-1-2-8-30-9-11-31(12-10-30)21-5-7-24-20(14-21)15-25(33-24)26(28)32/h4-7,13-15,20H,1-3,8-12H2,(H2,28,32)(H,29,33);4-7,13-15,17,29H,1-3,8-12H2,(H2,28,32). The van der Waals surface area contributed by atoms with Crippen molar-refractivity contribution >= 4 is 67.6 Å². The van der Waals surface area contributed by atoms with E-state index in [0.29, 0.717) is 22.3 Å². The number of piperazine rings is 2. The Kier molecular flexibility index (Phi) is 13.2. The van der Waals surface area contributed by atoms with Crippen LogP contribution < -0.4 is 26.6 Å². The zero-order chi connectivity index (χ0) is 46.4. The van der Waals surface area contributed by atoms with Crippen LogP contribution in [0.1, 0.15) is 81.4 Å². The first kappa shape index (κ1) is 44.6. The molecule has 15 nitrogen and oxygen atoms in total. The van der Waals surface area contributed by atoms with Crippen LogP contribution in [0.25, 0.3) is 32.8 Å². The summed E-state index contributed by atoms with van der Waals surface area (Å²) in [4.78, 5) is 48.1. The molecule has 67 heavy (non-hydrogen) atoms. The number of primary amides is 2. The molecule has 2 fully saturated rings. The molecule has 10 rings (SSSR count). The van der Waals surface area contributed by atoms with Gasteiger partial charge >= 0.3 is 0 Å². The summed E-state index contributed by atoms with van der Waals surface area (Å²) < 4.78 is 11.0. The van der Waals surface area contributed by atoms with E-state index in [1.165, 1.54) is 10.9 Å². The molecule has 0 aliphatic carbocycles. The number of furan rings is 2. The first-order valence-electron chi connectivity index (χ1n) is 23.1. The molecule has 6 N–H and O–H groups in total. The minimum absolute atomic E-state index is 0.0382. The monoisotopic (exact) mass is 898 g/mol. The highest BCUT2D eigenvalue weighted by atomic mass is 16.3. The van der Waals surface area contributed by atoms with Gasteiger partial charge in [0.2, 0.25) is 5.91 Å². The fourth-order valence-electron chi connectivity index (χ4n) is 9.63. The third-order valence-corrected chi connectivity index (χ3v) is 13.4. The number of unbranched alkanes of at least 4 members (excludes halogenated alkanes) is 2. The number of nitriles is 2. The van der Waals surface area contributed by atoms with Crippen LogP contribution in [0, 0.1) is 22.7 Å². The van der Waals surface area contributed by atoms with Gasteiger partial charge in [-0.05, 0) is 141 Å². The number of rotatable bonds is 14. The quantitative estimate of drug-likeness (QED) is 0.0786. The molecular weight excluding hydrogens is 845 g/mol. The van der Waals surface area contributed by atoms with E-state index >= 15 is 0 Å². The summed E-state index contributed by atoms with van der Waals surface area (Å²) in [5, 5.41) is 24.2.